The fraction of sp³-hybridized carbons (Fsp3) is 0.588. The number of nitrogens with one attached hydrogen (secondary N) is 2. The Morgan fingerprint density at radius 1 is 1.26 bits per heavy atom. The van der Waals surface area contributed by atoms with E-state index < -0.39 is 0 Å². The van der Waals surface area contributed by atoms with Crippen LogP contribution in [0.4, 0.5) is 0 Å². The van der Waals surface area contributed by atoms with Crippen molar-refractivity contribution in [1.29, 1.82) is 0 Å². The number of hydrogen-bond donors (Lipinski definition) is 2. The summed E-state index contributed by atoms with van der Waals surface area (Å²) >= 11 is 5.82. The summed E-state index contributed by atoms with van der Waals surface area (Å²) in [5, 5.41) is 7.14. The molecule has 0 bridgehead atoms. The van der Waals surface area contributed by atoms with Gasteiger partial charge in [-0.25, -0.2) is 0 Å². The quantitative estimate of drug-likeness (QED) is 0.794. The zero-order chi connectivity index (χ0) is 15.4. The lowest BCUT2D eigenvalue weighted by atomic mass is 9.85. The van der Waals surface area contributed by atoms with Crippen molar-refractivity contribution in [3.8, 4) is 5.75 Å². The molecule has 1 heterocycles. The second-order valence-electron chi connectivity index (χ2n) is 6.20. The first-order valence-electron chi connectivity index (χ1n) is 8.14. The standard InChI is InChI=1S/C17H23ClN2O2.ClH/c18-13-5-7-14(8-6-13)22-10-9-19-17(21)16-11-12-3-1-2-4-15(12)20-16;/h5-8,12,15-16,20H,1-4,9-11H2,(H,19,21);1H. The van der Waals surface area contributed by atoms with E-state index in [2.05, 4.69) is 10.6 Å². The Kier molecular flexibility index (Phi) is 7.00. The van der Waals surface area contributed by atoms with Crippen molar-refractivity contribution in [2.24, 2.45) is 5.92 Å². The van der Waals surface area contributed by atoms with Gasteiger partial charge in [-0.1, -0.05) is 24.4 Å². The molecule has 1 aliphatic heterocycles. The lowest BCUT2D eigenvalue weighted by Gasteiger charge is -2.24. The van der Waals surface area contributed by atoms with Gasteiger partial charge in [0.05, 0.1) is 12.6 Å². The number of carbonyl (C=O) groups excluding carboxylic acids is 1. The summed E-state index contributed by atoms with van der Waals surface area (Å²) in [6, 6.07) is 7.76. The van der Waals surface area contributed by atoms with Crippen LogP contribution in [0, 0.1) is 5.92 Å². The van der Waals surface area contributed by atoms with Crippen molar-refractivity contribution in [3.63, 3.8) is 0 Å². The van der Waals surface area contributed by atoms with Crippen molar-refractivity contribution >= 4 is 29.9 Å². The van der Waals surface area contributed by atoms with E-state index in [-0.39, 0.29) is 24.4 Å². The molecule has 3 unspecified atom stereocenters. The Balaban J connectivity index is 0.00000192. The lowest BCUT2D eigenvalue weighted by Crippen LogP contribution is -2.44. The van der Waals surface area contributed by atoms with Gasteiger partial charge >= 0.3 is 0 Å². The molecule has 128 valence electrons. The zero-order valence-electron chi connectivity index (χ0n) is 13.1. The van der Waals surface area contributed by atoms with Crippen molar-refractivity contribution in [2.45, 2.75) is 44.2 Å². The number of amides is 1. The summed E-state index contributed by atoms with van der Waals surface area (Å²) in [4.78, 5) is 12.2. The predicted octanol–water partition coefficient (Wildman–Crippen LogP) is 3.18. The molecule has 0 spiro atoms. The van der Waals surface area contributed by atoms with Gasteiger partial charge in [-0.3, -0.25) is 4.79 Å². The van der Waals surface area contributed by atoms with E-state index in [9.17, 15) is 4.79 Å². The first kappa shape index (κ1) is 18.4. The highest BCUT2D eigenvalue weighted by Crippen LogP contribution is 2.33. The predicted molar refractivity (Wildman–Crippen MR) is 94.5 cm³/mol. The summed E-state index contributed by atoms with van der Waals surface area (Å²) in [6.07, 6.45) is 6.06. The third-order valence-corrected chi connectivity index (χ3v) is 4.91. The molecular weight excluding hydrogens is 335 g/mol. The van der Waals surface area contributed by atoms with Crippen LogP contribution in [-0.2, 0) is 4.79 Å². The van der Waals surface area contributed by atoms with E-state index >= 15 is 0 Å². The molecule has 6 heteroatoms. The Morgan fingerprint density at radius 2 is 2.00 bits per heavy atom. The van der Waals surface area contributed by atoms with E-state index in [1.165, 1.54) is 25.7 Å². The number of fused-ring (bicyclic) bond motifs is 1. The van der Waals surface area contributed by atoms with Crippen molar-refractivity contribution in [3.05, 3.63) is 29.3 Å². The number of rotatable bonds is 5. The molecular formula is C17H24Cl2N2O2. The molecule has 0 aromatic heterocycles. The van der Waals surface area contributed by atoms with Gasteiger partial charge in [-0.15, -0.1) is 12.4 Å². The fourth-order valence-corrected chi connectivity index (χ4v) is 3.64. The number of ether oxygens (including phenoxy) is 1. The van der Waals surface area contributed by atoms with Crippen LogP contribution in [0.5, 0.6) is 5.75 Å². The van der Waals surface area contributed by atoms with Gasteiger partial charge in [0.2, 0.25) is 5.91 Å². The first-order chi connectivity index (χ1) is 10.7. The van der Waals surface area contributed by atoms with Gasteiger partial charge in [0, 0.05) is 11.1 Å². The molecule has 3 atom stereocenters. The maximum Gasteiger partial charge on any atom is 0.237 e. The van der Waals surface area contributed by atoms with Gasteiger partial charge in [0.25, 0.3) is 0 Å². The van der Waals surface area contributed by atoms with Crippen LogP contribution < -0.4 is 15.4 Å². The number of hydrogen-bond acceptors (Lipinski definition) is 3. The number of halogens is 2. The number of carbonyl (C=O) groups is 1. The summed E-state index contributed by atoms with van der Waals surface area (Å²) in [5.41, 5.74) is 0. The Morgan fingerprint density at radius 3 is 2.74 bits per heavy atom. The first-order valence-corrected chi connectivity index (χ1v) is 8.52. The van der Waals surface area contributed by atoms with Gasteiger partial charge in [-0.05, 0) is 49.4 Å². The highest BCUT2D eigenvalue weighted by molar-refractivity contribution is 6.30. The molecule has 2 N–H and O–H groups in total. The normalized spacial score (nSPS) is 26.0. The maximum atomic E-state index is 12.2. The Bertz CT molecular complexity index is 496. The molecule has 1 saturated carbocycles. The van der Waals surface area contributed by atoms with Crippen molar-refractivity contribution < 1.29 is 9.53 Å². The second-order valence-corrected chi connectivity index (χ2v) is 6.64. The molecule has 2 fully saturated rings. The Hall–Kier alpha value is -0.970. The van der Waals surface area contributed by atoms with Crippen LogP contribution in [0.1, 0.15) is 32.1 Å². The largest absolute Gasteiger partial charge is 0.492 e. The molecule has 23 heavy (non-hydrogen) atoms. The van der Waals surface area contributed by atoms with Gasteiger partial charge in [0.15, 0.2) is 0 Å². The highest BCUT2D eigenvalue weighted by atomic mass is 35.5. The Labute approximate surface area is 148 Å². The molecule has 1 aromatic carbocycles. The lowest BCUT2D eigenvalue weighted by molar-refractivity contribution is -0.123. The topological polar surface area (TPSA) is 50.4 Å². The van der Waals surface area contributed by atoms with Crippen molar-refractivity contribution in [1.82, 2.24) is 10.6 Å². The highest BCUT2D eigenvalue weighted by Gasteiger charge is 2.37. The second kappa shape index (κ2) is 8.76. The van der Waals surface area contributed by atoms with Crippen LogP contribution in [-0.4, -0.2) is 31.1 Å². The minimum atomic E-state index is -0.0244. The van der Waals surface area contributed by atoms with Crippen LogP contribution in [0.15, 0.2) is 24.3 Å². The summed E-state index contributed by atoms with van der Waals surface area (Å²) < 4.78 is 5.57. The maximum absolute atomic E-state index is 12.2. The molecule has 1 saturated heterocycles. The van der Waals surface area contributed by atoms with E-state index in [1.54, 1.807) is 12.1 Å². The summed E-state index contributed by atoms with van der Waals surface area (Å²) in [6.45, 7) is 0.988. The van der Waals surface area contributed by atoms with Crippen LogP contribution in [0.2, 0.25) is 5.02 Å². The van der Waals surface area contributed by atoms with Gasteiger partial charge in [-0.2, -0.15) is 0 Å². The minimum absolute atomic E-state index is 0. The van der Waals surface area contributed by atoms with Crippen LogP contribution in [0.25, 0.3) is 0 Å². The average molecular weight is 359 g/mol. The smallest absolute Gasteiger partial charge is 0.237 e. The van der Waals surface area contributed by atoms with E-state index in [1.807, 2.05) is 12.1 Å². The zero-order valence-corrected chi connectivity index (χ0v) is 14.7. The van der Waals surface area contributed by atoms with Gasteiger partial charge < -0.3 is 15.4 Å². The molecule has 1 amide bonds. The summed E-state index contributed by atoms with van der Waals surface area (Å²) in [5.74, 6) is 1.56. The fourth-order valence-electron chi connectivity index (χ4n) is 3.52. The summed E-state index contributed by atoms with van der Waals surface area (Å²) in [7, 11) is 0. The molecule has 0 radical (unpaired) electrons. The monoisotopic (exact) mass is 358 g/mol. The van der Waals surface area contributed by atoms with Crippen molar-refractivity contribution in [2.75, 3.05) is 13.2 Å². The van der Waals surface area contributed by atoms with Gasteiger partial charge in [0.1, 0.15) is 12.4 Å². The third-order valence-electron chi connectivity index (χ3n) is 4.66. The molecule has 2 aliphatic rings. The minimum Gasteiger partial charge on any atom is -0.492 e. The number of benzene rings is 1. The van der Waals surface area contributed by atoms with E-state index in [0.717, 1.165) is 12.2 Å². The van der Waals surface area contributed by atoms with Crippen LogP contribution >= 0.6 is 24.0 Å². The molecule has 1 aromatic rings. The van der Waals surface area contributed by atoms with E-state index in [4.69, 9.17) is 16.3 Å². The molecule has 4 nitrogen and oxygen atoms in total. The average Bonchev–Trinajstić information content (AvgIpc) is 2.97. The molecule has 1 aliphatic carbocycles. The third kappa shape index (κ3) is 5.00. The van der Waals surface area contributed by atoms with E-state index in [0.29, 0.717) is 30.1 Å². The van der Waals surface area contributed by atoms with Crippen LogP contribution in [0.3, 0.4) is 0 Å². The SMILES string of the molecule is Cl.O=C(NCCOc1ccc(Cl)cc1)C1CC2CCCCC2N1. The molecule has 3 rings (SSSR count).